The topological polar surface area (TPSA) is 109 Å². The van der Waals surface area contributed by atoms with E-state index in [2.05, 4.69) is 9.13 Å². The molecule has 1 saturated heterocycles. The number of benzene rings is 4. The number of ether oxygens (including phenoxy) is 1. The van der Waals surface area contributed by atoms with Crippen molar-refractivity contribution in [3.63, 3.8) is 0 Å². The van der Waals surface area contributed by atoms with Gasteiger partial charge < -0.3 is 13.9 Å². The first-order valence-electron chi connectivity index (χ1n) is 14.5. The van der Waals surface area contributed by atoms with Crippen molar-refractivity contribution < 1.29 is 31.1 Å². The number of rotatable bonds is 3. The average Bonchev–Trinajstić information content (AvgIpc) is 3.75. The highest BCUT2D eigenvalue weighted by atomic mass is 32.3. The number of fused-ring (bicyclic) bond motifs is 11. The Balaban J connectivity index is 1.34. The van der Waals surface area contributed by atoms with Crippen LogP contribution >= 0.6 is 0 Å². The molecular formula is C33H23N3O7S. The van der Waals surface area contributed by atoms with Crippen LogP contribution < -0.4 is 4.74 Å². The summed E-state index contributed by atoms with van der Waals surface area (Å²) in [5.41, 5.74) is 4.89. The van der Waals surface area contributed by atoms with Crippen molar-refractivity contribution >= 4 is 65.8 Å². The molecule has 4 aliphatic rings. The van der Waals surface area contributed by atoms with Crippen LogP contribution in [-0.4, -0.2) is 53.6 Å². The number of carbonyl (C=O) groups excluding carboxylic acids is 2. The summed E-state index contributed by atoms with van der Waals surface area (Å²) in [5.74, 6) is -0.00899. The van der Waals surface area contributed by atoms with E-state index in [0.29, 0.717) is 34.1 Å². The second kappa shape index (κ2) is 8.06. The van der Waals surface area contributed by atoms with Crippen LogP contribution in [0.2, 0.25) is 0 Å². The Morgan fingerprint density at radius 1 is 0.750 bits per heavy atom. The van der Waals surface area contributed by atoms with E-state index < -0.39 is 22.6 Å². The largest absolute Gasteiger partial charge is 0.497 e. The normalized spacial score (nSPS) is 24.7. The fourth-order valence-corrected chi connectivity index (χ4v) is 9.34. The van der Waals surface area contributed by atoms with Crippen LogP contribution in [0.1, 0.15) is 44.8 Å². The minimum Gasteiger partial charge on any atom is -0.497 e. The highest BCUT2D eigenvalue weighted by Gasteiger charge is 2.58. The zero-order valence-electron chi connectivity index (χ0n) is 23.3. The molecule has 3 aliphatic heterocycles. The first kappa shape index (κ1) is 24.7. The monoisotopic (exact) mass is 605 g/mol. The van der Waals surface area contributed by atoms with Gasteiger partial charge in [-0.2, -0.15) is 8.42 Å². The molecule has 2 amide bonds. The first-order chi connectivity index (χ1) is 21.4. The van der Waals surface area contributed by atoms with Crippen molar-refractivity contribution in [3.05, 3.63) is 89.5 Å². The summed E-state index contributed by atoms with van der Waals surface area (Å²) < 4.78 is 46.1. The van der Waals surface area contributed by atoms with E-state index in [-0.39, 0.29) is 30.4 Å². The molecule has 11 heteroatoms. The molecule has 2 fully saturated rings. The van der Waals surface area contributed by atoms with E-state index in [4.69, 9.17) is 13.1 Å². The van der Waals surface area contributed by atoms with Crippen LogP contribution in [0.4, 0.5) is 0 Å². The number of amides is 2. The van der Waals surface area contributed by atoms with Gasteiger partial charge in [-0.15, -0.1) is 0 Å². The van der Waals surface area contributed by atoms with Gasteiger partial charge in [-0.3, -0.25) is 14.5 Å². The third kappa shape index (κ3) is 2.85. The molecule has 44 heavy (non-hydrogen) atoms. The summed E-state index contributed by atoms with van der Waals surface area (Å²) in [5, 5.41) is 3.06. The molecule has 10 rings (SSSR count). The van der Waals surface area contributed by atoms with Crippen LogP contribution in [0.3, 0.4) is 0 Å². The average molecular weight is 606 g/mol. The molecular weight excluding hydrogens is 582 g/mol. The summed E-state index contributed by atoms with van der Waals surface area (Å²) in [6.45, 7) is 0.117. The summed E-state index contributed by atoms with van der Waals surface area (Å²) in [4.78, 5) is 30.3. The molecule has 0 N–H and O–H groups in total. The van der Waals surface area contributed by atoms with Gasteiger partial charge in [-0.1, -0.05) is 48.5 Å². The van der Waals surface area contributed by atoms with Crippen molar-refractivity contribution in [2.24, 2.45) is 0 Å². The number of para-hydroxylation sites is 2. The van der Waals surface area contributed by atoms with Gasteiger partial charge in [0.15, 0.2) is 0 Å². The SMILES string of the molecule is COc1ccc(CN2C(=O)c3c(c4c5ccccc5n5c4c4c3c3ccccc3n4[C@@H]3C[C@H]5[C@H]4OS(=O)(=O)O[C@H]43)C2=O)cc1. The second-order valence-corrected chi connectivity index (χ2v) is 13.1. The maximum absolute atomic E-state index is 14.5. The second-order valence-electron chi connectivity index (χ2n) is 11.9. The third-order valence-corrected chi connectivity index (χ3v) is 10.8. The lowest BCUT2D eigenvalue weighted by molar-refractivity contribution is 0.0643. The van der Waals surface area contributed by atoms with Gasteiger partial charge in [0, 0.05) is 32.6 Å². The predicted molar refractivity (Wildman–Crippen MR) is 161 cm³/mol. The Morgan fingerprint density at radius 3 is 1.75 bits per heavy atom. The highest BCUT2D eigenvalue weighted by Crippen LogP contribution is 2.57. The molecule has 6 aromatic rings. The Kier molecular flexibility index (Phi) is 4.52. The molecule has 4 aromatic carbocycles. The van der Waals surface area contributed by atoms with Crippen LogP contribution in [-0.2, 0) is 25.3 Å². The number of hydrogen-bond donors (Lipinski definition) is 0. The van der Waals surface area contributed by atoms with E-state index >= 15 is 0 Å². The third-order valence-electron chi connectivity index (χ3n) is 9.90. The van der Waals surface area contributed by atoms with E-state index in [1.165, 1.54) is 4.90 Å². The number of imide groups is 1. The van der Waals surface area contributed by atoms with Gasteiger partial charge in [0.1, 0.15) is 18.0 Å². The van der Waals surface area contributed by atoms with Crippen LogP contribution in [0.15, 0.2) is 72.8 Å². The standard InChI is InChI=1S/C33H23N3O7S/c1-41-17-12-10-16(11-13-17)15-34-32(37)26-24-18-6-2-4-8-20(18)35-22-14-23(31-30(22)42-44(39,40)43-31)36-21-9-5-3-7-19(21)25(27(26)33(34)38)29(36)28(24)35/h2-13,22-23,30-31H,14-15H2,1H3/t22-,23+,30+,31-. The Bertz CT molecular complexity index is 2290. The van der Waals surface area contributed by atoms with Gasteiger partial charge >= 0.3 is 10.4 Å². The van der Waals surface area contributed by atoms with Gasteiger partial charge in [-0.25, -0.2) is 8.37 Å². The van der Waals surface area contributed by atoms with Crippen LogP contribution in [0, 0.1) is 0 Å². The van der Waals surface area contributed by atoms with Gasteiger partial charge in [-0.05, 0) is 36.2 Å². The van der Waals surface area contributed by atoms with E-state index in [1.807, 2.05) is 72.8 Å². The lowest BCUT2D eigenvalue weighted by Gasteiger charge is -2.22. The number of aromatic nitrogens is 2. The molecule has 2 aromatic heterocycles. The van der Waals surface area contributed by atoms with Crippen molar-refractivity contribution in [2.75, 3.05) is 7.11 Å². The molecule has 218 valence electrons. The number of hydrogen-bond acceptors (Lipinski definition) is 7. The summed E-state index contributed by atoms with van der Waals surface area (Å²) in [7, 11) is -2.59. The summed E-state index contributed by atoms with van der Waals surface area (Å²) in [6.07, 6.45) is -0.895. The smallest absolute Gasteiger partial charge is 0.400 e. The first-order valence-corrected chi connectivity index (χ1v) is 15.8. The van der Waals surface area contributed by atoms with Crippen molar-refractivity contribution in [3.8, 4) is 5.75 Å². The zero-order valence-corrected chi connectivity index (χ0v) is 24.1. The van der Waals surface area contributed by atoms with E-state index in [9.17, 15) is 18.0 Å². The van der Waals surface area contributed by atoms with Crippen molar-refractivity contribution in [2.45, 2.75) is 37.3 Å². The van der Waals surface area contributed by atoms with Crippen LogP contribution in [0.5, 0.6) is 5.75 Å². The van der Waals surface area contributed by atoms with E-state index in [0.717, 1.165) is 38.4 Å². The van der Waals surface area contributed by atoms with Gasteiger partial charge in [0.25, 0.3) is 11.8 Å². The minimum atomic E-state index is -4.18. The minimum absolute atomic E-state index is 0.117. The predicted octanol–water partition coefficient (Wildman–Crippen LogP) is 5.24. The quantitative estimate of drug-likeness (QED) is 0.254. The fraction of sp³-hybridized carbons (Fsp3) is 0.212. The van der Waals surface area contributed by atoms with Gasteiger partial charge in [0.05, 0.1) is 47.9 Å². The lowest BCUT2D eigenvalue weighted by atomic mass is 9.96. The van der Waals surface area contributed by atoms with E-state index in [1.54, 1.807) is 7.11 Å². The van der Waals surface area contributed by atoms with Crippen LogP contribution in [0.25, 0.3) is 43.6 Å². The molecule has 1 saturated carbocycles. The molecule has 4 atom stereocenters. The summed E-state index contributed by atoms with van der Waals surface area (Å²) in [6, 6.07) is 22.2. The lowest BCUT2D eigenvalue weighted by Crippen LogP contribution is -2.29. The maximum Gasteiger partial charge on any atom is 0.400 e. The molecule has 0 radical (unpaired) electrons. The van der Waals surface area contributed by atoms with Crippen molar-refractivity contribution in [1.82, 2.24) is 14.0 Å². The highest BCUT2D eigenvalue weighted by molar-refractivity contribution is 7.82. The molecule has 0 spiro atoms. The number of methoxy groups -OCH3 is 1. The Hall–Kier alpha value is -4.71. The molecule has 5 heterocycles. The van der Waals surface area contributed by atoms with Gasteiger partial charge in [0.2, 0.25) is 0 Å². The maximum atomic E-state index is 14.5. The molecule has 10 nitrogen and oxygen atoms in total. The fourth-order valence-electron chi connectivity index (χ4n) is 8.28. The zero-order chi connectivity index (χ0) is 29.6. The number of nitrogens with zero attached hydrogens (tertiary/aromatic N) is 3. The summed E-state index contributed by atoms with van der Waals surface area (Å²) >= 11 is 0. The molecule has 0 unspecified atom stereocenters. The Labute approximate surface area is 250 Å². The van der Waals surface area contributed by atoms with Crippen molar-refractivity contribution in [1.29, 1.82) is 0 Å². The Morgan fingerprint density at radius 2 is 1.25 bits per heavy atom. The molecule has 2 bridgehead atoms. The number of carbonyl (C=O) groups is 2. The molecule has 1 aliphatic carbocycles.